The second-order valence-electron chi connectivity index (χ2n) is 29.6. The van der Waals surface area contributed by atoms with E-state index in [1.807, 2.05) is 0 Å². The van der Waals surface area contributed by atoms with Crippen molar-refractivity contribution < 1.29 is 142 Å². The molecule has 11 bridgehead atoms. The number of urea groups is 1. The van der Waals surface area contributed by atoms with Gasteiger partial charge in [-0.15, -0.1) is 0 Å². The van der Waals surface area contributed by atoms with Crippen LogP contribution in [-0.2, 0) is 68.6 Å². The van der Waals surface area contributed by atoms with Crippen LogP contribution in [0.25, 0.3) is 11.1 Å². The van der Waals surface area contributed by atoms with Gasteiger partial charge in [0.15, 0.2) is 36.0 Å². The maximum Gasteiger partial charge on any atom is 0.410 e. The topological polar surface area (TPSA) is 652 Å². The number of benzene rings is 6. The Morgan fingerprint density at radius 3 is 1.98 bits per heavy atom. The maximum absolute atomic E-state index is 16.3. The van der Waals surface area contributed by atoms with Gasteiger partial charge in [0, 0.05) is 48.4 Å². The summed E-state index contributed by atoms with van der Waals surface area (Å²) >= 11 is 7.11. The van der Waals surface area contributed by atoms with Crippen molar-refractivity contribution in [3.8, 4) is 57.1 Å². The van der Waals surface area contributed by atoms with Gasteiger partial charge in [-0.1, -0.05) is 43.6 Å². The van der Waals surface area contributed by atoms with Crippen molar-refractivity contribution in [2.45, 2.75) is 170 Å². The number of likely N-dealkylation sites (N-methyl/N-ethyl adjacent to an activating group) is 1. The normalized spacial score (nSPS) is 26.4. The number of aliphatic hydroxyl groups excluding tert-OH is 5. The summed E-state index contributed by atoms with van der Waals surface area (Å²) in [6, 6.07) is 1.71. The summed E-state index contributed by atoms with van der Waals surface area (Å²) in [4.78, 5) is 170. The van der Waals surface area contributed by atoms with E-state index in [0.29, 0.717) is 5.56 Å². The van der Waals surface area contributed by atoms with Crippen LogP contribution in [0.15, 0.2) is 103 Å². The number of aromatic hydroxyl groups is 3. The number of carboxylic acid groups (broad SMARTS) is 1. The number of non-ortho nitro benzene ring substituents is 1. The molecule has 0 spiro atoms. The lowest BCUT2D eigenvalue weighted by Gasteiger charge is -2.48. The minimum atomic E-state index is -2.45. The van der Waals surface area contributed by atoms with E-state index < -0.39 is 285 Å². The number of carbonyl (C=O) groups excluding carboxylic acids is 10. The Morgan fingerprint density at radius 1 is 0.733 bits per heavy atom. The molecule has 6 aromatic rings. The first-order valence-electron chi connectivity index (χ1n) is 36.9. The van der Waals surface area contributed by atoms with Crippen LogP contribution in [0.2, 0.25) is 5.02 Å². The molecule has 0 saturated carbocycles. The minimum Gasteiger partial charge on any atom is -0.508 e. The molecule has 640 valence electrons. The Balaban J connectivity index is 1.12. The first-order valence-corrected chi connectivity index (χ1v) is 37.3. The largest absolute Gasteiger partial charge is 0.508 e. The number of aryl methyl sites for hydroxylation is 1. The third-order valence-electron chi connectivity index (χ3n) is 20.5. The van der Waals surface area contributed by atoms with Gasteiger partial charge in [-0.3, -0.25) is 48.6 Å². The summed E-state index contributed by atoms with van der Waals surface area (Å²) < 4.78 is 49.8. The molecule has 7 heterocycles. The number of rotatable bonds is 18. The quantitative estimate of drug-likeness (QED) is 0.0428. The van der Waals surface area contributed by atoms with Crippen LogP contribution < -0.4 is 68.6 Å². The van der Waals surface area contributed by atoms with Gasteiger partial charge in [-0.2, -0.15) is 0 Å². The molecule has 0 unspecified atom stereocenters. The molecule has 22 N–H and O–H groups in total. The summed E-state index contributed by atoms with van der Waals surface area (Å²) in [5, 5.41) is 132. The van der Waals surface area contributed by atoms with Gasteiger partial charge in [0.2, 0.25) is 53.4 Å². The molecule has 11 amide bonds. The molecule has 7 aliphatic heterocycles. The Bertz CT molecular complexity index is 5040. The number of halogens is 1. The fourth-order valence-corrected chi connectivity index (χ4v) is 14.8. The Hall–Kier alpha value is -12.9. The number of hydrogen-bond acceptors (Lipinski definition) is 29. The number of ether oxygens (including phenoxy) is 8. The zero-order chi connectivity index (χ0) is 87.5. The molecule has 42 nitrogen and oxygen atoms in total. The van der Waals surface area contributed by atoms with Crippen molar-refractivity contribution in [1.82, 2.24) is 42.1 Å². The minimum absolute atomic E-state index is 0.0285. The fraction of sp³-hybridized carbons (Fsp3) is 0.390. The number of nitrogens with one attached hydrogen (secondary N) is 7. The van der Waals surface area contributed by atoms with Gasteiger partial charge >= 0.3 is 24.2 Å². The zero-order valence-electron chi connectivity index (χ0n) is 64.3. The predicted molar refractivity (Wildman–Crippen MR) is 408 cm³/mol. The van der Waals surface area contributed by atoms with E-state index >= 15 is 19.2 Å². The number of aliphatic carboxylic acids is 1. The number of nitrogens with zero attached hydrogens (tertiary/aromatic N) is 2. The van der Waals surface area contributed by atoms with Crippen LogP contribution >= 0.6 is 11.6 Å². The lowest BCUT2D eigenvalue weighted by molar-refractivity contribution is -0.384. The summed E-state index contributed by atoms with van der Waals surface area (Å²) in [7, 11) is 1.18. The molecule has 13 rings (SSSR count). The lowest BCUT2D eigenvalue weighted by atomic mass is 9.85. The van der Waals surface area contributed by atoms with Crippen molar-refractivity contribution in [2.24, 2.45) is 23.1 Å². The lowest BCUT2D eigenvalue weighted by Crippen LogP contribution is -2.67. The summed E-state index contributed by atoms with van der Waals surface area (Å²) in [5.74, 6) is -17.4. The van der Waals surface area contributed by atoms with Crippen LogP contribution in [0.5, 0.6) is 46.0 Å². The number of carbonyl (C=O) groups is 11. The highest BCUT2D eigenvalue weighted by Crippen LogP contribution is 2.50. The summed E-state index contributed by atoms with van der Waals surface area (Å²) in [6.07, 6.45) is -23.3. The van der Waals surface area contributed by atoms with E-state index in [2.05, 4.69) is 37.2 Å². The molecule has 18 atom stereocenters. The van der Waals surface area contributed by atoms with Crippen LogP contribution in [0.1, 0.15) is 116 Å². The molecule has 0 aromatic heterocycles. The van der Waals surface area contributed by atoms with E-state index in [1.54, 1.807) is 13.8 Å². The Kier molecular flexibility index (Phi) is 26.4. The first-order chi connectivity index (χ1) is 56.6. The number of nitro benzene ring substituents is 1. The SMILES string of the molecule is Cc1cc2ccc1Oc1cc3cc(c1O[C@@H]1O[C@H](CO)[C@@H](O)[C@H](O)[C@H]1O[C@H]1C[C@](C)(NC(N)=O)[C@H](OC(N)=O)[C@H](C)O1)Oc1ccc(cc1Cl)[C@@H](O)[C@@H]1NC(=O)[C@H](NC(=O)[C@@H]3NC(=O)[C@H](CC(N)=O)NC(=O)[C@H](NC(=O)[C@@H](CC(C)C)N(C)C(=O)OCc3ccc([N+](=O)[O-])cc3)[C@@H]2O)c2ccc(O)c(c2)-c2c(O)cc(O)cc2[C@@H](C(=O)O)NC1=O. The zero-order valence-corrected chi connectivity index (χ0v) is 65.1. The third-order valence-corrected chi connectivity index (χ3v) is 20.8. The van der Waals surface area contributed by atoms with Gasteiger partial charge in [-0.05, 0) is 133 Å². The Morgan fingerprint density at radius 2 is 1.37 bits per heavy atom. The van der Waals surface area contributed by atoms with E-state index in [4.69, 9.17) is 66.7 Å². The van der Waals surface area contributed by atoms with E-state index in [0.717, 1.165) is 65.6 Å². The van der Waals surface area contributed by atoms with E-state index in [9.17, 15) is 89.6 Å². The molecule has 6 aromatic carbocycles. The number of phenols is 3. The van der Waals surface area contributed by atoms with Gasteiger partial charge in [0.25, 0.3) is 5.69 Å². The van der Waals surface area contributed by atoms with Crippen LogP contribution in [0.4, 0.5) is 20.1 Å². The van der Waals surface area contributed by atoms with Crippen LogP contribution in [-0.4, -0.2) is 214 Å². The highest BCUT2D eigenvalue weighted by atomic mass is 35.5. The number of fused-ring (bicyclic) bond motifs is 15. The molecular weight excluding hydrogens is 1610 g/mol. The average molecular weight is 1690 g/mol. The highest BCUT2D eigenvalue weighted by molar-refractivity contribution is 6.32. The first kappa shape index (κ1) is 87.9. The third kappa shape index (κ3) is 19.3. The highest BCUT2D eigenvalue weighted by Gasteiger charge is 2.54. The molecule has 2 saturated heterocycles. The standard InChI is InChI=1S/C77H85ClN12O30/c1-29(2)17-43(89(6)76(110)113-28-32-7-12-37(13-8-32)90(111)112)67(101)86-57-59(96)34-10-15-46(30(3)18-34)115-48-21-36-22-49(63(48)119-73-64(62(99)61(98)50(27-91)117-73)118-52-26-77(5,88-74(80)108)65(31(4)114-52)120-75(81)109)116-47-16-11-35(20-41(47)78)60(97)58-71(105)85-56(72(106)107)40-23-38(92)24-45(94)53(40)39-19-33(9-14-44(39)93)54(68(102)87-58)84-69(103)55(36)83-66(100)42(25-51(79)95)82-70(57)104/h7-16,18-24,29,31,42-43,50,52,54-62,64-65,73,91-94,96-99H,17,25-28H2,1-6H3,(H2,79,95)(H2,81,109)(H,82,104)(H,83,100)(H,84,103)(H,85,105)(H,86,101)(H,87,102)(H,106,107)(H3,80,88,108)/t31-,42-,43+,50+,52-,54+,55+,56-,57+,58-,59+,60+,61+,62-,64+,65+,73-,77-/m0/s1. The molecule has 2 fully saturated rings. The van der Waals surface area contributed by atoms with Crippen LogP contribution in [0.3, 0.4) is 0 Å². The van der Waals surface area contributed by atoms with Crippen molar-refractivity contribution in [3.05, 3.63) is 157 Å². The molecule has 7 aliphatic rings. The van der Waals surface area contributed by atoms with Crippen molar-refractivity contribution in [1.29, 1.82) is 0 Å². The number of amides is 11. The van der Waals surface area contributed by atoms with Gasteiger partial charge in [0.1, 0.15) is 102 Å². The number of phenolic OH excluding ortho intramolecular Hbond substituents is 3. The molecule has 0 aliphatic carbocycles. The van der Waals surface area contributed by atoms with E-state index in [1.165, 1.54) is 70.3 Å². The number of aliphatic hydroxyl groups is 5. The van der Waals surface area contributed by atoms with Gasteiger partial charge < -0.3 is 138 Å². The fourth-order valence-electron chi connectivity index (χ4n) is 14.5. The summed E-state index contributed by atoms with van der Waals surface area (Å²) in [5.41, 5.74) is 12.0. The van der Waals surface area contributed by atoms with Gasteiger partial charge in [-0.25, -0.2) is 19.2 Å². The number of nitrogens with two attached hydrogens (primary N) is 3. The molecule has 0 radical (unpaired) electrons. The number of primary amides is 3. The van der Waals surface area contributed by atoms with Crippen LogP contribution in [0, 0.1) is 23.0 Å². The predicted octanol–water partition coefficient (Wildman–Crippen LogP) is 1.53. The second-order valence-corrected chi connectivity index (χ2v) is 30.0. The number of nitro groups is 1. The molecular formula is C77H85ClN12O30. The second kappa shape index (κ2) is 36.1. The molecule has 120 heavy (non-hydrogen) atoms. The average Bonchev–Trinajstić information content (AvgIpc) is 0.767. The van der Waals surface area contributed by atoms with Crippen molar-refractivity contribution >= 4 is 82.8 Å². The van der Waals surface area contributed by atoms with Crippen molar-refractivity contribution in [3.63, 3.8) is 0 Å². The number of carboxylic acids is 1. The van der Waals surface area contributed by atoms with Gasteiger partial charge in [0.05, 0.1) is 34.6 Å². The monoisotopic (exact) mass is 1690 g/mol. The maximum atomic E-state index is 16.3. The number of hydrogen-bond donors (Lipinski definition) is 19. The van der Waals surface area contributed by atoms with E-state index in [-0.39, 0.29) is 34.5 Å². The summed E-state index contributed by atoms with van der Waals surface area (Å²) in [6.45, 7) is 6.02. The Labute approximate surface area is 684 Å². The smallest absolute Gasteiger partial charge is 0.410 e. The molecule has 43 heteroatoms. The van der Waals surface area contributed by atoms with Crippen molar-refractivity contribution in [2.75, 3.05) is 13.7 Å².